The first-order valence-electron chi connectivity index (χ1n) is 10.7. The zero-order valence-corrected chi connectivity index (χ0v) is 19.7. The van der Waals surface area contributed by atoms with Crippen LogP contribution in [0.25, 0.3) is 5.65 Å². The Morgan fingerprint density at radius 2 is 1.97 bits per heavy atom. The van der Waals surface area contributed by atoms with Crippen LogP contribution in [0.4, 0.5) is 10.5 Å². The Hall–Kier alpha value is -2.45. The summed E-state index contributed by atoms with van der Waals surface area (Å²) in [6.45, 7) is 5.93. The normalized spacial score (nSPS) is 17.8. The van der Waals surface area contributed by atoms with Gasteiger partial charge in [0.2, 0.25) is 0 Å². The first kappa shape index (κ1) is 22.7. The van der Waals surface area contributed by atoms with Crippen LogP contribution < -0.4 is 9.62 Å². The van der Waals surface area contributed by atoms with E-state index in [0.717, 1.165) is 29.1 Å². The molecule has 3 N–H and O–H groups in total. The van der Waals surface area contributed by atoms with Crippen LogP contribution in [0.5, 0.6) is 0 Å². The molecule has 0 atom stereocenters. The zero-order valence-electron chi connectivity index (χ0n) is 18.9. The summed E-state index contributed by atoms with van der Waals surface area (Å²) in [5, 5.41) is 20.2. The van der Waals surface area contributed by atoms with Crippen LogP contribution in [-0.4, -0.2) is 87.0 Å². The van der Waals surface area contributed by atoms with Crippen LogP contribution >= 0.6 is 11.9 Å². The fraction of sp³-hybridized carbons (Fsp3) is 0.545. The minimum absolute atomic E-state index is 0.0194. The fourth-order valence-electron chi connectivity index (χ4n) is 3.44. The van der Waals surface area contributed by atoms with E-state index in [0.29, 0.717) is 31.9 Å². The van der Waals surface area contributed by atoms with E-state index in [2.05, 4.69) is 32.5 Å². The van der Waals surface area contributed by atoms with E-state index in [1.54, 1.807) is 39.0 Å². The smallest absolute Gasteiger partial charge is 0.319 e. The Bertz CT molecular complexity index is 1070. The van der Waals surface area contributed by atoms with Gasteiger partial charge < -0.3 is 24.9 Å². The van der Waals surface area contributed by atoms with Crippen molar-refractivity contribution in [1.82, 2.24) is 23.9 Å². The average Bonchev–Trinajstić information content (AvgIpc) is 3.34. The van der Waals surface area contributed by atoms with Crippen molar-refractivity contribution in [3.63, 3.8) is 0 Å². The fourth-order valence-corrected chi connectivity index (χ4v) is 4.28. The molecule has 0 aromatic carbocycles. The molecule has 0 spiro atoms. The third-order valence-electron chi connectivity index (χ3n) is 5.41. The maximum absolute atomic E-state index is 12.3. The third-order valence-corrected chi connectivity index (χ3v) is 6.35. The number of anilines is 1. The maximum atomic E-state index is 12.3. The van der Waals surface area contributed by atoms with Gasteiger partial charge >= 0.3 is 6.03 Å². The average molecular weight is 459 g/mol. The molecular weight excluding hydrogens is 428 g/mol. The Labute approximate surface area is 192 Å². The molecule has 0 unspecified atom stereocenters. The summed E-state index contributed by atoms with van der Waals surface area (Å²) in [6, 6.07) is 2.08. The second-order valence-electron chi connectivity index (χ2n) is 9.09. The number of aliphatic hydroxyl groups is 2. The molecule has 9 nitrogen and oxygen atoms in total. The second kappa shape index (κ2) is 8.48. The Morgan fingerprint density at radius 1 is 1.28 bits per heavy atom. The van der Waals surface area contributed by atoms with Crippen molar-refractivity contribution < 1.29 is 15.0 Å². The van der Waals surface area contributed by atoms with Gasteiger partial charge in [-0.25, -0.2) is 14.5 Å². The maximum Gasteiger partial charge on any atom is 0.319 e. The number of pyridine rings is 1. The van der Waals surface area contributed by atoms with Gasteiger partial charge in [-0.05, 0) is 50.6 Å². The summed E-state index contributed by atoms with van der Waals surface area (Å²) in [5.74, 6) is 5.88. The second-order valence-corrected chi connectivity index (χ2v) is 9.97. The van der Waals surface area contributed by atoms with E-state index in [1.165, 1.54) is 11.9 Å². The predicted molar refractivity (Wildman–Crippen MR) is 124 cm³/mol. The highest BCUT2D eigenvalue weighted by atomic mass is 32.2. The van der Waals surface area contributed by atoms with Gasteiger partial charge in [-0.2, -0.15) is 0 Å². The molecule has 0 bridgehead atoms. The minimum atomic E-state index is -1.11. The summed E-state index contributed by atoms with van der Waals surface area (Å²) in [5.41, 5.74) is 0.499. The summed E-state index contributed by atoms with van der Waals surface area (Å²) in [7, 11) is 3.53. The Balaban J connectivity index is 1.65. The lowest BCUT2D eigenvalue weighted by Gasteiger charge is -2.37. The zero-order chi connectivity index (χ0) is 23.1. The van der Waals surface area contributed by atoms with Crippen LogP contribution in [-0.2, 0) is 0 Å². The lowest BCUT2D eigenvalue weighted by atomic mass is 10.1. The number of imidazole rings is 1. The molecule has 1 aliphatic heterocycles. The number of amides is 2. The molecular formula is C22H30N6O3S. The molecule has 1 saturated carbocycles. The predicted octanol–water partition coefficient (Wildman–Crippen LogP) is 1.34. The molecule has 4 rings (SSSR count). The molecule has 2 aromatic rings. The molecule has 2 amide bonds. The summed E-state index contributed by atoms with van der Waals surface area (Å²) in [4.78, 5) is 23.5. The van der Waals surface area contributed by atoms with Crippen molar-refractivity contribution in [1.29, 1.82) is 0 Å². The SMILES string of the molecule is CN(C)C(=O)N1CCN(c2cc(SNC3(O)CC3)cn3c(C#CC(C)(C)O)cnc23)CC1. The lowest BCUT2D eigenvalue weighted by molar-refractivity contribution is 0.142. The van der Waals surface area contributed by atoms with Gasteiger partial charge in [-0.15, -0.1) is 0 Å². The standard InChI is InChI=1S/C22H30N6O3S/c1-21(2,30)6-5-16-14-23-19-18(26-9-11-27(12-10-26)20(29)25(3)4)13-17(15-28(16)19)32-24-22(31)7-8-22/h13-15,24,30-31H,7-12H2,1-4H3. The molecule has 2 aromatic heterocycles. The molecule has 172 valence electrons. The third kappa shape index (κ3) is 5.13. The van der Waals surface area contributed by atoms with Gasteiger partial charge in [-0.3, -0.25) is 4.40 Å². The van der Waals surface area contributed by atoms with Crippen molar-refractivity contribution in [3.05, 3.63) is 24.2 Å². The molecule has 1 saturated heterocycles. The number of nitrogens with zero attached hydrogens (tertiary/aromatic N) is 5. The lowest BCUT2D eigenvalue weighted by Crippen LogP contribution is -2.51. The van der Waals surface area contributed by atoms with E-state index < -0.39 is 11.3 Å². The van der Waals surface area contributed by atoms with E-state index in [1.807, 2.05) is 15.5 Å². The number of hydrogen-bond acceptors (Lipinski definition) is 7. The van der Waals surface area contributed by atoms with E-state index in [9.17, 15) is 15.0 Å². The van der Waals surface area contributed by atoms with Gasteiger partial charge in [0.15, 0.2) is 5.65 Å². The van der Waals surface area contributed by atoms with Crippen molar-refractivity contribution in [3.8, 4) is 11.8 Å². The van der Waals surface area contributed by atoms with Crippen molar-refractivity contribution >= 4 is 29.3 Å². The molecule has 3 heterocycles. The number of aromatic nitrogens is 2. The quantitative estimate of drug-likeness (QED) is 0.361. The van der Waals surface area contributed by atoms with Crippen LogP contribution in [0.3, 0.4) is 0 Å². The number of nitrogens with one attached hydrogen (secondary N) is 1. The number of rotatable bonds is 4. The minimum Gasteiger partial charge on any atom is -0.378 e. The topological polar surface area (TPSA) is 96.6 Å². The first-order chi connectivity index (χ1) is 15.0. The van der Waals surface area contributed by atoms with Crippen molar-refractivity contribution in [2.24, 2.45) is 0 Å². The number of piperazine rings is 1. The van der Waals surface area contributed by atoms with Crippen molar-refractivity contribution in [2.45, 2.75) is 42.9 Å². The van der Waals surface area contributed by atoms with E-state index in [-0.39, 0.29) is 6.03 Å². The molecule has 10 heteroatoms. The van der Waals surface area contributed by atoms with E-state index in [4.69, 9.17) is 0 Å². The molecule has 2 aliphatic rings. The van der Waals surface area contributed by atoms with Gasteiger partial charge in [0, 0.05) is 51.4 Å². The highest BCUT2D eigenvalue weighted by Gasteiger charge is 2.40. The van der Waals surface area contributed by atoms with Crippen LogP contribution in [0, 0.1) is 11.8 Å². The van der Waals surface area contributed by atoms with Gasteiger partial charge in [0.25, 0.3) is 0 Å². The van der Waals surface area contributed by atoms with Crippen LogP contribution in [0.15, 0.2) is 23.4 Å². The Kier molecular flexibility index (Phi) is 6.02. The number of carbonyl (C=O) groups excluding carboxylic acids is 1. The number of hydrogen-bond donors (Lipinski definition) is 3. The summed E-state index contributed by atoms with van der Waals surface area (Å²) < 4.78 is 5.05. The Morgan fingerprint density at radius 3 is 2.56 bits per heavy atom. The van der Waals surface area contributed by atoms with Gasteiger partial charge in [0.05, 0.1) is 11.9 Å². The number of fused-ring (bicyclic) bond motifs is 1. The largest absolute Gasteiger partial charge is 0.378 e. The number of urea groups is 1. The molecule has 0 radical (unpaired) electrons. The molecule has 1 aliphatic carbocycles. The molecule has 32 heavy (non-hydrogen) atoms. The number of carbonyl (C=O) groups is 1. The monoisotopic (exact) mass is 458 g/mol. The van der Waals surface area contributed by atoms with Crippen LogP contribution in [0.2, 0.25) is 0 Å². The summed E-state index contributed by atoms with van der Waals surface area (Å²) >= 11 is 1.38. The van der Waals surface area contributed by atoms with Crippen LogP contribution in [0.1, 0.15) is 32.4 Å². The first-order valence-corrected chi connectivity index (χ1v) is 11.5. The van der Waals surface area contributed by atoms with E-state index >= 15 is 0 Å². The highest BCUT2D eigenvalue weighted by molar-refractivity contribution is 7.97. The molecule has 2 fully saturated rings. The van der Waals surface area contributed by atoms with Gasteiger partial charge in [0.1, 0.15) is 17.0 Å². The van der Waals surface area contributed by atoms with Gasteiger partial charge in [-0.1, -0.05) is 5.92 Å². The highest BCUT2D eigenvalue weighted by Crippen LogP contribution is 2.36. The summed E-state index contributed by atoms with van der Waals surface area (Å²) in [6.07, 6.45) is 5.13. The van der Waals surface area contributed by atoms with Crippen molar-refractivity contribution in [2.75, 3.05) is 45.2 Å².